The van der Waals surface area contributed by atoms with E-state index in [4.69, 9.17) is 0 Å². The van der Waals surface area contributed by atoms with Gasteiger partial charge < -0.3 is 10.4 Å². The Kier molecular flexibility index (Phi) is 3.04. The van der Waals surface area contributed by atoms with Crippen LogP contribution in [0.1, 0.15) is 19.5 Å². The van der Waals surface area contributed by atoms with E-state index in [0.29, 0.717) is 18.8 Å². The topological polar surface area (TPSA) is 100 Å². The molecule has 1 fully saturated rings. The Morgan fingerprint density at radius 2 is 2.33 bits per heavy atom. The molecular formula is C10H15N5O3. The summed E-state index contributed by atoms with van der Waals surface area (Å²) in [5.41, 5.74) is -0.729. The number of nitrogens with zero attached hydrogens (tertiary/aromatic N) is 4. The summed E-state index contributed by atoms with van der Waals surface area (Å²) in [5, 5.41) is 19.8. The van der Waals surface area contributed by atoms with Crippen molar-refractivity contribution in [1.29, 1.82) is 0 Å². The van der Waals surface area contributed by atoms with E-state index in [1.54, 1.807) is 13.8 Å². The molecule has 18 heavy (non-hydrogen) atoms. The monoisotopic (exact) mass is 253 g/mol. The highest BCUT2D eigenvalue weighted by atomic mass is 16.3. The van der Waals surface area contributed by atoms with Gasteiger partial charge in [0.05, 0.1) is 6.20 Å². The maximum Gasteiger partial charge on any atom is 0.324 e. The average Bonchev–Trinajstić information content (AvgIpc) is 2.85. The number of carbonyl (C=O) groups is 2. The van der Waals surface area contributed by atoms with Crippen LogP contribution in [0.4, 0.5) is 4.79 Å². The Balaban J connectivity index is 2.03. The third kappa shape index (κ3) is 2.48. The molecule has 8 nitrogen and oxygen atoms in total. The van der Waals surface area contributed by atoms with Crippen LogP contribution >= 0.6 is 0 Å². The highest BCUT2D eigenvalue weighted by Crippen LogP contribution is 2.15. The molecule has 0 unspecified atom stereocenters. The lowest BCUT2D eigenvalue weighted by molar-refractivity contribution is -0.128. The number of nitrogens with one attached hydrogen (secondary N) is 1. The fraction of sp³-hybridized carbons (Fsp3) is 0.600. The van der Waals surface area contributed by atoms with Gasteiger partial charge in [-0.2, -0.15) is 0 Å². The quantitative estimate of drug-likeness (QED) is 0.724. The number of aromatic nitrogens is 3. The fourth-order valence-electron chi connectivity index (χ4n) is 1.59. The summed E-state index contributed by atoms with van der Waals surface area (Å²) in [4.78, 5) is 24.2. The molecular weight excluding hydrogens is 238 g/mol. The predicted octanol–water partition coefficient (Wildman–Crippen LogP) is -0.943. The lowest BCUT2D eigenvalue weighted by Crippen LogP contribution is -2.36. The summed E-state index contributed by atoms with van der Waals surface area (Å²) >= 11 is 0. The van der Waals surface area contributed by atoms with Gasteiger partial charge in [-0.15, -0.1) is 5.10 Å². The smallest absolute Gasteiger partial charge is 0.324 e. The summed E-state index contributed by atoms with van der Waals surface area (Å²) in [5.74, 6) is -0.350. The minimum atomic E-state index is -1.10. The number of aliphatic hydroxyl groups is 1. The van der Waals surface area contributed by atoms with Gasteiger partial charge in [-0.1, -0.05) is 5.21 Å². The number of urea groups is 1. The second-order valence-corrected chi connectivity index (χ2v) is 4.64. The molecule has 98 valence electrons. The number of hydrogen-bond donors (Lipinski definition) is 2. The van der Waals surface area contributed by atoms with E-state index in [-0.39, 0.29) is 18.5 Å². The number of carbonyl (C=O) groups excluding carboxylic acids is 2. The largest absolute Gasteiger partial charge is 0.384 e. The zero-order valence-corrected chi connectivity index (χ0v) is 10.3. The van der Waals surface area contributed by atoms with Gasteiger partial charge in [0, 0.05) is 13.1 Å². The van der Waals surface area contributed by atoms with E-state index in [2.05, 4.69) is 15.6 Å². The molecule has 0 spiro atoms. The summed E-state index contributed by atoms with van der Waals surface area (Å²) < 4.78 is 1.31. The zero-order chi connectivity index (χ0) is 13.3. The molecule has 1 saturated heterocycles. The molecule has 0 aromatic carbocycles. The Morgan fingerprint density at radius 3 is 2.83 bits per heavy atom. The van der Waals surface area contributed by atoms with Crippen molar-refractivity contribution in [2.24, 2.45) is 0 Å². The molecule has 0 aliphatic carbocycles. The van der Waals surface area contributed by atoms with Crippen molar-refractivity contribution in [3.8, 4) is 0 Å². The van der Waals surface area contributed by atoms with E-state index < -0.39 is 5.60 Å². The first-order chi connectivity index (χ1) is 8.38. The van der Waals surface area contributed by atoms with Gasteiger partial charge in [0.1, 0.15) is 17.8 Å². The number of hydrogen-bond acceptors (Lipinski definition) is 5. The molecule has 0 bridgehead atoms. The van der Waals surface area contributed by atoms with Crippen LogP contribution in [0, 0.1) is 0 Å². The van der Waals surface area contributed by atoms with E-state index >= 15 is 0 Å². The normalized spacial score (nSPS) is 15.9. The molecule has 0 saturated carbocycles. The van der Waals surface area contributed by atoms with E-state index in [9.17, 15) is 14.7 Å². The van der Waals surface area contributed by atoms with Gasteiger partial charge in [0.15, 0.2) is 0 Å². The Hall–Kier alpha value is -1.96. The molecule has 1 aliphatic heterocycles. The Morgan fingerprint density at radius 1 is 1.61 bits per heavy atom. The molecule has 1 aromatic heterocycles. The summed E-state index contributed by atoms with van der Waals surface area (Å²) in [6.07, 6.45) is 1.49. The van der Waals surface area contributed by atoms with Gasteiger partial charge >= 0.3 is 6.03 Å². The van der Waals surface area contributed by atoms with Crippen LogP contribution in [0.25, 0.3) is 0 Å². The van der Waals surface area contributed by atoms with Crippen LogP contribution in [-0.2, 0) is 16.9 Å². The molecule has 1 aromatic rings. The van der Waals surface area contributed by atoms with Crippen molar-refractivity contribution >= 4 is 11.9 Å². The van der Waals surface area contributed by atoms with Crippen LogP contribution < -0.4 is 5.32 Å². The van der Waals surface area contributed by atoms with E-state index in [1.165, 1.54) is 10.9 Å². The lowest BCUT2D eigenvalue weighted by atomic mass is 10.1. The standard InChI is InChI=1S/C10H15N5O3/c1-10(2,18)7-5-14(13-12-7)6-8(16)15-4-3-11-9(15)17/h5,18H,3-4,6H2,1-2H3,(H,11,17). The summed E-state index contributed by atoms with van der Waals surface area (Å²) in [6.45, 7) is 3.92. The molecule has 8 heteroatoms. The molecule has 3 amide bonds. The first kappa shape index (κ1) is 12.5. The first-order valence-electron chi connectivity index (χ1n) is 5.59. The summed E-state index contributed by atoms with van der Waals surface area (Å²) in [6, 6.07) is -0.386. The molecule has 0 radical (unpaired) electrons. The van der Waals surface area contributed by atoms with Gasteiger partial charge in [0.25, 0.3) is 5.91 Å². The van der Waals surface area contributed by atoms with Crippen molar-refractivity contribution in [1.82, 2.24) is 25.2 Å². The molecule has 2 heterocycles. The van der Waals surface area contributed by atoms with Crippen molar-refractivity contribution in [3.63, 3.8) is 0 Å². The third-order valence-electron chi connectivity index (χ3n) is 2.62. The average molecular weight is 253 g/mol. The van der Waals surface area contributed by atoms with Crippen molar-refractivity contribution in [2.75, 3.05) is 13.1 Å². The van der Waals surface area contributed by atoms with E-state index in [1.807, 2.05) is 0 Å². The molecule has 2 N–H and O–H groups in total. The van der Waals surface area contributed by atoms with Gasteiger partial charge in [-0.3, -0.25) is 9.69 Å². The van der Waals surface area contributed by atoms with Crippen molar-refractivity contribution in [3.05, 3.63) is 11.9 Å². The molecule has 2 rings (SSSR count). The van der Waals surface area contributed by atoms with Crippen LogP contribution in [-0.4, -0.2) is 50.0 Å². The predicted molar refractivity (Wildman–Crippen MR) is 60.4 cm³/mol. The molecule has 0 atom stereocenters. The van der Waals surface area contributed by atoms with Gasteiger partial charge in [0.2, 0.25) is 0 Å². The van der Waals surface area contributed by atoms with Crippen LogP contribution in [0.2, 0.25) is 0 Å². The van der Waals surface area contributed by atoms with E-state index in [0.717, 1.165) is 4.90 Å². The number of rotatable bonds is 3. The van der Waals surface area contributed by atoms with Crippen LogP contribution in [0.3, 0.4) is 0 Å². The van der Waals surface area contributed by atoms with Crippen molar-refractivity contribution in [2.45, 2.75) is 26.0 Å². The molecule has 1 aliphatic rings. The minimum Gasteiger partial charge on any atom is -0.384 e. The second kappa shape index (κ2) is 4.37. The van der Waals surface area contributed by atoms with Crippen LogP contribution in [0.15, 0.2) is 6.20 Å². The number of imide groups is 1. The SMILES string of the molecule is CC(C)(O)c1cn(CC(=O)N2CCNC2=O)nn1. The van der Waals surface area contributed by atoms with Crippen molar-refractivity contribution < 1.29 is 14.7 Å². The third-order valence-corrected chi connectivity index (χ3v) is 2.62. The fourth-order valence-corrected chi connectivity index (χ4v) is 1.59. The Labute approximate surface area is 104 Å². The van der Waals surface area contributed by atoms with Gasteiger partial charge in [-0.05, 0) is 13.8 Å². The lowest BCUT2D eigenvalue weighted by Gasteiger charge is -2.12. The highest BCUT2D eigenvalue weighted by Gasteiger charge is 2.27. The maximum atomic E-state index is 11.8. The summed E-state index contributed by atoms with van der Waals surface area (Å²) in [7, 11) is 0. The highest BCUT2D eigenvalue weighted by molar-refractivity contribution is 5.95. The second-order valence-electron chi connectivity index (χ2n) is 4.64. The Bertz CT molecular complexity index is 476. The van der Waals surface area contributed by atoms with Crippen LogP contribution in [0.5, 0.6) is 0 Å². The van der Waals surface area contributed by atoms with Gasteiger partial charge in [-0.25, -0.2) is 9.48 Å². The number of amides is 3. The zero-order valence-electron chi connectivity index (χ0n) is 10.3. The first-order valence-corrected chi connectivity index (χ1v) is 5.59. The maximum absolute atomic E-state index is 11.8. The minimum absolute atomic E-state index is 0.0729.